The highest BCUT2D eigenvalue weighted by molar-refractivity contribution is 7.99. The van der Waals surface area contributed by atoms with E-state index in [1.807, 2.05) is 24.0 Å². The van der Waals surface area contributed by atoms with E-state index in [0.29, 0.717) is 6.04 Å². The monoisotopic (exact) mass is 208 g/mol. The summed E-state index contributed by atoms with van der Waals surface area (Å²) in [6.07, 6.45) is 4.53. The molecule has 2 rings (SSSR count). The summed E-state index contributed by atoms with van der Waals surface area (Å²) >= 11 is 1.86. The smallest absolute Gasteiger partial charge is 0.0962 e. The molecule has 1 aromatic rings. The number of aromatic nitrogens is 1. The molecule has 14 heavy (non-hydrogen) atoms. The Balaban J connectivity index is 1.85. The molecule has 0 unspecified atom stereocenters. The third kappa shape index (κ3) is 2.72. The van der Waals surface area contributed by atoms with Crippen LogP contribution in [0.15, 0.2) is 23.4 Å². The van der Waals surface area contributed by atoms with Crippen LogP contribution in [0.4, 0.5) is 0 Å². The molecule has 1 atom stereocenters. The largest absolute Gasteiger partial charge is 0.313 e. The molecule has 1 saturated heterocycles. The zero-order valence-electron chi connectivity index (χ0n) is 8.49. The molecule has 1 fully saturated rings. The third-order valence-electron chi connectivity index (χ3n) is 2.49. The minimum Gasteiger partial charge on any atom is -0.313 e. The Kier molecular flexibility index (Phi) is 3.43. The molecule has 0 aromatic carbocycles. The lowest BCUT2D eigenvalue weighted by molar-refractivity contribution is 0.673. The van der Waals surface area contributed by atoms with E-state index in [2.05, 4.69) is 23.3 Å². The molecule has 1 aliphatic rings. The first kappa shape index (κ1) is 9.99. The molecule has 1 N–H and O–H groups in total. The fraction of sp³-hybridized carbons (Fsp3) is 0.545. The normalized spacial score (nSPS) is 21.4. The maximum absolute atomic E-state index is 4.34. The fourth-order valence-corrected chi connectivity index (χ4v) is 2.73. The molecule has 0 bridgehead atoms. The van der Waals surface area contributed by atoms with Crippen LogP contribution in [0.2, 0.25) is 0 Å². The standard InChI is InChI=1S/C11H16N2S/c1-9-4-6-13-11(7-9)14-8-10-3-2-5-12-10/h4,6-7,10,12H,2-3,5,8H2,1H3/t10-/m0/s1. The van der Waals surface area contributed by atoms with E-state index in [9.17, 15) is 0 Å². The van der Waals surface area contributed by atoms with Gasteiger partial charge in [0, 0.05) is 18.0 Å². The number of aryl methyl sites for hydroxylation is 1. The van der Waals surface area contributed by atoms with Gasteiger partial charge in [0.05, 0.1) is 5.03 Å². The van der Waals surface area contributed by atoms with E-state index in [0.717, 1.165) is 10.8 Å². The number of rotatable bonds is 3. The van der Waals surface area contributed by atoms with Crippen LogP contribution in [0, 0.1) is 6.92 Å². The van der Waals surface area contributed by atoms with Gasteiger partial charge in [0.15, 0.2) is 0 Å². The van der Waals surface area contributed by atoms with E-state index < -0.39 is 0 Å². The Morgan fingerprint density at radius 3 is 3.29 bits per heavy atom. The predicted octanol–water partition coefficient (Wildman–Crippen LogP) is 2.23. The van der Waals surface area contributed by atoms with Gasteiger partial charge in [-0.1, -0.05) is 0 Å². The van der Waals surface area contributed by atoms with Crippen molar-refractivity contribution in [2.75, 3.05) is 12.3 Å². The van der Waals surface area contributed by atoms with Gasteiger partial charge in [-0.25, -0.2) is 4.98 Å². The molecule has 2 heterocycles. The van der Waals surface area contributed by atoms with Crippen LogP contribution >= 0.6 is 11.8 Å². The summed E-state index contributed by atoms with van der Waals surface area (Å²) in [5, 5.41) is 4.64. The van der Waals surface area contributed by atoms with Crippen molar-refractivity contribution in [2.24, 2.45) is 0 Å². The van der Waals surface area contributed by atoms with Crippen LogP contribution in [-0.2, 0) is 0 Å². The molecule has 0 saturated carbocycles. The molecular formula is C11H16N2S. The van der Waals surface area contributed by atoms with E-state index >= 15 is 0 Å². The Morgan fingerprint density at radius 2 is 2.57 bits per heavy atom. The maximum atomic E-state index is 4.34. The average molecular weight is 208 g/mol. The summed E-state index contributed by atoms with van der Waals surface area (Å²) in [5.74, 6) is 1.15. The van der Waals surface area contributed by atoms with Crippen LogP contribution in [0.5, 0.6) is 0 Å². The number of pyridine rings is 1. The Morgan fingerprint density at radius 1 is 1.64 bits per heavy atom. The number of nitrogens with one attached hydrogen (secondary N) is 1. The molecule has 76 valence electrons. The average Bonchev–Trinajstić information content (AvgIpc) is 2.67. The second-order valence-electron chi connectivity index (χ2n) is 3.78. The summed E-state index contributed by atoms with van der Waals surface area (Å²) < 4.78 is 0. The first-order valence-corrected chi connectivity index (χ1v) is 6.12. The molecule has 0 radical (unpaired) electrons. The van der Waals surface area contributed by atoms with E-state index in [1.165, 1.54) is 24.9 Å². The van der Waals surface area contributed by atoms with Crippen molar-refractivity contribution in [3.63, 3.8) is 0 Å². The highest BCUT2D eigenvalue weighted by atomic mass is 32.2. The summed E-state index contributed by atoms with van der Waals surface area (Å²) in [7, 11) is 0. The van der Waals surface area contributed by atoms with Crippen LogP contribution in [0.1, 0.15) is 18.4 Å². The predicted molar refractivity (Wildman–Crippen MR) is 60.7 cm³/mol. The van der Waals surface area contributed by atoms with Crippen molar-refractivity contribution < 1.29 is 0 Å². The highest BCUT2D eigenvalue weighted by Gasteiger charge is 2.13. The van der Waals surface area contributed by atoms with E-state index in [-0.39, 0.29) is 0 Å². The second-order valence-corrected chi connectivity index (χ2v) is 4.82. The fourth-order valence-electron chi connectivity index (χ4n) is 1.67. The maximum Gasteiger partial charge on any atom is 0.0962 e. The van der Waals surface area contributed by atoms with Gasteiger partial charge >= 0.3 is 0 Å². The van der Waals surface area contributed by atoms with Crippen LogP contribution in [-0.4, -0.2) is 23.3 Å². The number of nitrogens with zero attached hydrogens (tertiary/aromatic N) is 1. The SMILES string of the molecule is Cc1ccnc(SC[C@@H]2CCCN2)c1. The molecule has 0 amide bonds. The molecule has 3 heteroatoms. The van der Waals surface area contributed by atoms with E-state index in [1.54, 1.807) is 0 Å². The minimum absolute atomic E-state index is 0.697. The van der Waals surface area contributed by atoms with Crippen molar-refractivity contribution in [2.45, 2.75) is 30.8 Å². The van der Waals surface area contributed by atoms with Gasteiger partial charge < -0.3 is 5.32 Å². The van der Waals surface area contributed by atoms with Crippen molar-refractivity contribution in [1.82, 2.24) is 10.3 Å². The molecule has 0 spiro atoms. The lowest BCUT2D eigenvalue weighted by Crippen LogP contribution is -2.23. The zero-order chi connectivity index (χ0) is 9.80. The first-order valence-electron chi connectivity index (χ1n) is 5.13. The number of hydrogen-bond acceptors (Lipinski definition) is 3. The quantitative estimate of drug-likeness (QED) is 0.771. The molecule has 1 aliphatic heterocycles. The Labute approximate surface area is 89.5 Å². The summed E-state index contributed by atoms with van der Waals surface area (Å²) in [4.78, 5) is 4.34. The lowest BCUT2D eigenvalue weighted by Gasteiger charge is -2.08. The van der Waals surface area contributed by atoms with Crippen LogP contribution in [0.3, 0.4) is 0 Å². The molecule has 0 aliphatic carbocycles. The number of thioether (sulfide) groups is 1. The van der Waals surface area contributed by atoms with Crippen molar-refractivity contribution in [3.05, 3.63) is 23.9 Å². The molecule has 2 nitrogen and oxygen atoms in total. The Hall–Kier alpha value is -0.540. The van der Waals surface area contributed by atoms with Gasteiger partial charge in [0.1, 0.15) is 0 Å². The highest BCUT2D eigenvalue weighted by Crippen LogP contribution is 2.19. The summed E-state index contributed by atoms with van der Waals surface area (Å²) in [6.45, 7) is 3.30. The van der Waals surface area contributed by atoms with Gasteiger partial charge in [0.25, 0.3) is 0 Å². The van der Waals surface area contributed by atoms with Gasteiger partial charge in [-0.05, 0) is 44.0 Å². The number of hydrogen-bond donors (Lipinski definition) is 1. The van der Waals surface area contributed by atoms with Crippen LogP contribution < -0.4 is 5.32 Å². The van der Waals surface area contributed by atoms with Crippen LogP contribution in [0.25, 0.3) is 0 Å². The minimum atomic E-state index is 0.697. The van der Waals surface area contributed by atoms with E-state index in [4.69, 9.17) is 0 Å². The van der Waals surface area contributed by atoms with Crippen molar-refractivity contribution in [3.8, 4) is 0 Å². The Bertz CT molecular complexity index is 295. The zero-order valence-corrected chi connectivity index (χ0v) is 9.31. The molecule has 1 aromatic heterocycles. The van der Waals surface area contributed by atoms with Crippen molar-refractivity contribution >= 4 is 11.8 Å². The lowest BCUT2D eigenvalue weighted by atomic mass is 10.3. The molecular weight excluding hydrogens is 192 g/mol. The van der Waals surface area contributed by atoms with Gasteiger partial charge in [0.2, 0.25) is 0 Å². The van der Waals surface area contributed by atoms with Crippen molar-refractivity contribution in [1.29, 1.82) is 0 Å². The summed E-state index contributed by atoms with van der Waals surface area (Å²) in [6, 6.07) is 4.89. The first-order chi connectivity index (χ1) is 6.84. The second kappa shape index (κ2) is 4.80. The van der Waals surface area contributed by atoms with Gasteiger partial charge in [-0.2, -0.15) is 0 Å². The third-order valence-corrected chi connectivity index (χ3v) is 3.57. The van der Waals surface area contributed by atoms with Gasteiger partial charge in [-0.15, -0.1) is 11.8 Å². The van der Waals surface area contributed by atoms with Gasteiger partial charge in [-0.3, -0.25) is 0 Å². The summed E-state index contributed by atoms with van der Waals surface area (Å²) in [5.41, 5.74) is 1.29. The topological polar surface area (TPSA) is 24.9 Å².